The van der Waals surface area contributed by atoms with Crippen molar-refractivity contribution < 1.29 is 14.4 Å². The molecule has 3 amide bonds. The molecule has 21 heavy (non-hydrogen) atoms. The summed E-state index contributed by atoms with van der Waals surface area (Å²) in [4.78, 5) is 36.2. The monoisotopic (exact) mass is 294 g/mol. The average molecular weight is 294 g/mol. The number of hydrogen-bond donors (Lipinski definition) is 2. The number of aromatic nitrogens is 3. The molecule has 2 N–H and O–H groups in total. The number of nitrogens with one attached hydrogen (secondary N) is 2. The van der Waals surface area contributed by atoms with Crippen molar-refractivity contribution in [1.82, 2.24) is 30.5 Å². The molecule has 1 aliphatic rings. The van der Waals surface area contributed by atoms with Gasteiger partial charge in [0.1, 0.15) is 6.54 Å². The predicted octanol–water partition coefficient (Wildman–Crippen LogP) is -1.74. The highest BCUT2D eigenvalue weighted by Crippen LogP contribution is 2.08. The number of carbonyl (C=O) groups is 3. The van der Waals surface area contributed by atoms with Crippen LogP contribution >= 0.6 is 0 Å². The van der Waals surface area contributed by atoms with E-state index in [4.69, 9.17) is 0 Å². The molecule has 1 saturated heterocycles. The minimum atomic E-state index is -0.481. The first-order valence-corrected chi connectivity index (χ1v) is 6.72. The van der Waals surface area contributed by atoms with Crippen LogP contribution in [-0.2, 0) is 27.5 Å². The zero-order valence-corrected chi connectivity index (χ0v) is 11.8. The second-order valence-corrected chi connectivity index (χ2v) is 4.83. The number of nitrogens with zero attached hydrogens (tertiary/aromatic N) is 4. The van der Waals surface area contributed by atoms with Crippen molar-refractivity contribution in [3.8, 4) is 0 Å². The standard InChI is InChI=1S/C12H18N6O3/c1-13-5-9-6-18(16-15-9)8-11(20)14-10(19)7-17-4-2-3-12(17)21/h6,13H,2-5,7-8H2,1H3,(H,14,19,20). The van der Waals surface area contributed by atoms with E-state index >= 15 is 0 Å². The van der Waals surface area contributed by atoms with Crippen LogP contribution in [0.25, 0.3) is 0 Å². The molecule has 0 spiro atoms. The zero-order valence-electron chi connectivity index (χ0n) is 11.8. The lowest BCUT2D eigenvalue weighted by Crippen LogP contribution is -2.41. The fraction of sp³-hybridized carbons (Fsp3) is 0.583. The molecule has 0 radical (unpaired) electrons. The van der Waals surface area contributed by atoms with Crippen molar-refractivity contribution in [2.45, 2.75) is 25.9 Å². The normalized spacial score (nSPS) is 14.5. The second kappa shape index (κ2) is 6.93. The lowest BCUT2D eigenvalue weighted by molar-refractivity contribution is -0.136. The van der Waals surface area contributed by atoms with Gasteiger partial charge in [-0.1, -0.05) is 5.21 Å². The van der Waals surface area contributed by atoms with Crippen LogP contribution in [0.3, 0.4) is 0 Å². The van der Waals surface area contributed by atoms with Crippen LogP contribution in [0.1, 0.15) is 18.5 Å². The summed E-state index contributed by atoms with van der Waals surface area (Å²) in [5.41, 5.74) is 0.708. The third-order valence-corrected chi connectivity index (χ3v) is 3.03. The first kappa shape index (κ1) is 15.1. The fourth-order valence-corrected chi connectivity index (χ4v) is 2.10. The Bertz CT molecular complexity index is 541. The Balaban J connectivity index is 1.77. The van der Waals surface area contributed by atoms with Gasteiger partial charge in [0.05, 0.1) is 18.4 Å². The van der Waals surface area contributed by atoms with Gasteiger partial charge < -0.3 is 10.2 Å². The van der Waals surface area contributed by atoms with Crippen LogP contribution in [-0.4, -0.2) is 57.8 Å². The molecule has 0 bridgehead atoms. The average Bonchev–Trinajstić information content (AvgIpc) is 3.00. The summed E-state index contributed by atoms with van der Waals surface area (Å²) < 4.78 is 1.36. The lowest BCUT2D eigenvalue weighted by Gasteiger charge is -2.14. The van der Waals surface area contributed by atoms with Gasteiger partial charge in [0.15, 0.2) is 0 Å². The van der Waals surface area contributed by atoms with Gasteiger partial charge in [-0.2, -0.15) is 0 Å². The SMILES string of the molecule is CNCc1cn(CC(=O)NC(=O)CN2CCCC2=O)nn1. The number of likely N-dealkylation sites (tertiary alicyclic amines) is 1. The van der Waals surface area contributed by atoms with E-state index in [-0.39, 0.29) is 19.0 Å². The van der Waals surface area contributed by atoms with Gasteiger partial charge in [-0.3, -0.25) is 19.7 Å². The van der Waals surface area contributed by atoms with Crippen LogP contribution in [0.2, 0.25) is 0 Å². The second-order valence-electron chi connectivity index (χ2n) is 4.83. The molecule has 0 unspecified atom stereocenters. The number of amides is 3. The van der Waals surface area contributed by atoms with Gasteiger partial charge in [-0.15, -0.1) is 5.10 Å². The molecule has 0 atom stereocenters. The number of hydrogen-bond acceptors (Lipinski definition) is 6. The van der Waals surface area contributed by atoms with E-state index in [0.29, 0.717) is 25.2 Å². The van der Waals surface area contributed by atoms with E-state index in [2.05, 4.69) is 20.9 Å². The molecule has 0 aliphatic carbocycles. The minimum absolute atomic E-state index is 0.0504. The van der Waals surface area contributed by atoms with Crippen LogP contribution in [0.4, 0.5) is 0 Å². The van der Waals surface area contributed by atoms with Gasteiger partial charge in [-0.25, -0.2) is 4.68 Å². The Morgan fingerprint density at radius 1 is 1.33 bits per heavy atom. The smallest absolute Gasteiger partial charge is 0.248 e. The zero-order chi connectivity index (χ0) is 15.2. The Hall–Kier alpha value is -2.29. The molecule has 0 saturated carbocycles. The topological polar surface area (TPSA) is 109 Å². The van der Waals surface area contributed by atoms with Crippen LogP contribution < -0.4 is 10.6 Å². The Kier molecular flexibility index (Phi) is 4.99. The highest BCUT2D eigenvalue weighted by atomic mass is 16.2. The molecule has 9 heteroatoms. The maximum Gasteiger partial charge on any atom is 0.248 e. The fourth-order valence-electron chi connectivity index (χ4n) is 2.10. The molecule has 1 aromatic rings. The Morgan fingerprint density at radius 2 is 2.10 bits per heavy atom. The number of imide groups is 1. The van der Waals surface area contributed by atoms with E-state index in [1.54, 1.807) is 13.2 Å². The van der Waals surface area contributed by atoms with Gasteiger partial charge in [0, 0.05) is 19.5 Å². The minimum Gasteiger partial charge on any atom is -0.333 e. The number of carbonyl (C=O) groups excluding carboxylic acids is 3. The van der Waals surface area contributed by atoms with E-state index in [9.17, 15) is 14.4 Å². The summed E-state index contributed by atoms with van der Waals surface area (Å²) in [6.45, 7) is 0.956. The van der Waals surface area contributed by atoms with Crippen molar-refractivity contribution in [3.63, 3.8) is 0 Å². The maximum absolute atomic E-state index is 11.7. The van der Waals surface area contributed by atoms with Gasteiger partial charge in [-0.05, 0) is 13.5 Å². The lowest BCUT2D eigenvalue weighted by atomic mass is 10.4. The maximum atomic E-state index is 11.7. The predicted molar refractivity (Wildman–Crippen MR) is 71.7 cm³/mol. The quantitative estimate of drug-likeness (QED) is 0.645. The van der Waals surface area contributed by atoms with E-state index in [0.717, 1.165) is 6.42 Å². The molecule has 9 nitrogen and oxygen atoms in total. The third kappa shape index (κ3) is 4.35. The van der Waals surface area contributed by atoms with Gasteiger partial charge in [0.2, 0.25) is 17.7 Å². The van der Waals surface area contributed by atoms with Crippen LogP contribution in [0.5, 0.6) is 0 Å². The third-order valence-electron chi connectivity index (χ3n) is 3.03. The van der Waals surface area contributed by atoms with E-state index < -0.39 is 11.8 Å². The van der Waals surface area contributed by atoms with E-state index in [1.165, 1.54) is 9.58 Å². The van der Waals surface area contributed by atoms with Crippen molar-refractivity contribution in [3.05, 3.63) is 11.9 Å². The van der Waals surface area contributed by atoms with Gasteiger partial charge in [0.25, 0.3) is 0 Å². The molecular weight excluding hydrogens is 276 g/mol. The Morgan fingerprint density at radius 3 is 2.76 bits per heavy atom. The summed E-state index contributed by atoms with van der Waals surface area (Å²) in [5.74, 6) is -1.01. The summed E-state index contributed by atoms with van der Waals surface area (Å²) in [6.07, 6.45) is 2.85. The summed E-state index contributed by atoms with van der Waals surface area (Å²) in [6, 6.07) is 0. The van der Waals surface area contributed by atoms with Crippen molar-refractivity contribution in [2.24, 2.45) is 0 Å². The van der Waals surface area contributed by atoms with E-state index in [1.807, 2.05) is 0 Å². The number of rotatable bonds is 6. The van der Waals surface area contributed by atoms with Crippen LogP contribution in [0, 0.1) is 0 Å². The van der Waals surface area contributed by atoms with Crippen molar-refractivity contribution >= 4 is 17.7 Å². The molecule has 2 heterocycles. The van der Waals surface area contributed by atoms with Crippen molar-refractivity contribution in [2.75, 3.05) is 20.1 Å². The molecule has 1 aliphatic heterocycles. The molecule has 2 rings (SSSR count). The Labute approximate surface area is 121 Å². The molecule has 0 aromatic carbocycles. The molecule has 1 aromatic heterocycles. The highest BCUT2D eigenvalue weighted by molar-refractivity contribution is 5.97. The largest absolute Gasteiger partial charge is 0.333 e. The van der Waals surface area contributed by atoms with Gasteiger partial charge >= 0.3 is 0 Å². The molecule has 1 fully saturated rings. The first-order chi connectivity index (χ1) is 10.1. The molecule has 114 valence electrons. The van der Waals surface area contributed by atoms with Crippen LogP contribution in [0.15, 0.2) is 6.20 Å². The summed E-state index contributed by atoms with van der Waals surface area (Å²) >= 11 is 0. The summed E-state index contributed by atoms with van der Waals surface area (Å²) in [7, 11) is 1.78. The summed E-state index contributed by atoms with van der Waals surface area (Å²) in [5, 5.41) is 12.8. The van der Waals surface area contributed by atoms with Crippen molar-refractivity contribution in [1.29, 1.82) is 0 Å². The highest BCUT2D eigenvalue weighted by Gasteiger charge is 2.23. The molecular formula is C12H18N6O3. The first-order valence-electron chi connectivity index (χ1n) is 6.72.